The van der Waals surface area contributed by atoms with E-state index in [0.717, 1.165) is 11.2 Å². The summed E-state index contributed by atoms with van der Waals surface area (Å²) in [6.07, 6.45) is 3.30. The SMILES string of the molecule is Cc1cc2c(Oc3cccc(C(=O)O)c3)nccn2n1. The molecule has 0 atom stereocenters. The maximum Gasteiger partial charge on any atom is 0.335 e. The molecule has 0 bridgehead atoms. The Morgan fingerprint density at radius 3 is 3.00 bits per heavy atom. The standard InChI is InChI=1S/C14H11N3O3/c1-9-7-12-13(15-5-6-17(12)16-9)20-11-4-2-3-10(8-11)14(18)19/h2-8H,1H3,(H,18,19). The molecule has 0 radical (unpaired) electrons. The third kappa shape index (κ3) is 2.18. The summed E-state index contributed by atoms with van der Waals surface area (Å²) in [7, 11) is 0. The molecule has 0 fully saturated rings. The van der Waals surface area contributed by atoms with Gasteiger partial charge in [0.15, 0.2) is 0 Å². The van der Waals surface area contributed by atoms with Crippen LogP contribution < -0.4 is 4.74 Å². The molecule has 0 amide bonds. The average molecular weight is 269 g/mol. The van der Waals surface area contributed by atoms with Crippen LogP contribution in [0.1, 0.15) is 16.1 Å². The molecule has 6 nitrogen and oxygen atoms in total. The van der Waals surface area contributed by atoms with E-state index in [4.69, 9.17) is 9.84 Å². The first-order valence-electron chi connectivity index (χ1n) is 5.96. The van der Waals surface area contributed by atoms with Crippen molar-refractivity contribution in [3.63, 3.8) is 0 Å². The highest BCUT2D eigenvalue weighted by Gasteiger charge is 2.09. The summed E-state index contributed by atoms with van der Waals surface area (Å²) < 4.78 is 7.33. The van der Waals surface area contributed by atoms with Crippen LogP contribution in [0.25, 0.3) is 5.52 Å². The third-order valence-corrected chi connectivity index (χ3v) is 2.77. The fraction of sp³-hybridized carbons (Fsp3) is 0.0714. The van der Waals surface area contributed by atoms with Crippen LogP contribution in [0.3, 0.4) is 0 Å². The Bertz CT molecular complexity index is 795. The average Bonchev–Trinajstić information content (AvgIpc) is 2.80. The van der Waals surface area contributed by atoms with Gasteiger partial charge in [-0.15, -0.1) is 0 Å². The second kappa shape index (κ2) is 4.65. The number of benzene rings is 1. The molecule has 6 heteroatoms. The van der Waals surface area contributed by atoms with Crippen molar-refractivity contribution in [1.82, 2.24) is 14.6 Å². The topological polar surface area (TPSA) is 76.7 Å². The lowest BCUT2D eigenvalue weighted by molar-refractivity contribution is 0.0696. The fourth-order valence-electron chi connectivity index (χ4n) is 1.90. The Labute approximate surface area is 114 Å². The van der Waals surface area contributed by atoms with Gasteiger partial charge in [0.05, 0.1) is 11.3 Å². The molecular weight excluding hydrogens is 258 g/mol. The van der Waals surface area contributed by atoms with Gasteiger partial charge in [-0.25, -0.2) is 14.3 Å². The lowest BCUT2D eigenvalue weighted by atomic mass is 10.2. The highest BCUT2D eigenvalue weighted by molar-refractivity contribution is 5.88. The zero-order valence-corrected chi connectivity index (χ0v) is 10.6. The van der Waals surface area contributed by atoms with Crippen LogP contribution in [0.4, 0.5) is 0 Å². The maximum absolute atomic E-state index is 10.9. The van der Waals surface area contributed by atoms with Crippen molar-refractivity contribution in [2.45, 2.75) is 6.92 Å². The van der Waals surface area contributed by atoms with Crippen LogP contribution in [-0.2, 0) is 0 Å². The normalized spacial score (nSPS) is 10.7. The minimum atomic E-state index is -0.998. The number of fused-ring (bicyclic) bond motifs is 1. The van der Waals surface area contributed by atoms with Crippen molar-refractivity contribution in [3.8, 4) is 11.6 Å². The second-order valence-corrected chi connectivity index (χ2v) is 4.28. The molecule has 0 spiro atoms. The van der Waals surface area contributed by atoms with Crippen LogP contribution in [0.2, 0.25) is 0 Å². The molecule has 0 unspecified atom stereocenters. The molecule has 2 aromatic heterocycles. The van der Waals surface area contributed by atoms with E-state index < -0.39 is 5.97 Å². The molecular formula is C14H11N3O3. The smallest absolute Gasteiger partial charge is 0.335 e. The summed E-state index contributed by atoms with van der Waals surface area (Å²) in [5.41, 5.74) is 1.74. The number of hydrogen-bond donors (Lipinski definition) is 1. The highest BCUT2D eigenvalue weighted by Crippen LogP contribution is 2.24. The fourth-order valence-corrected chi connectivity index (χ4v) is 1.90. The van der Waals surface area contributed by atoms with E-state index in [1.54, 1.807) is 29.0 Å². The number of aromatic carboxylic acids is 1. The van der Waals surface area contributed by atoms with Crippen molar-refractivity contribution >= 4 is 11.5 Å². The van der Waals surface area contributed by atoms with E-state index in [0.29, 0.717) is 11.6 Å². The zero-order valence-electron chi connectivity index (χ0n) is 10.6. The summed E-state index contributed by atoms with van der Waals surface area (Å²) in [6, 6.07) is 8.12. The number of ether oxygens (including phenoxy) is 1. The summed E-state index contributed by atoms with van der Waals surface area (Å²) in [6.45, 7) is 1.88. The molecule has 0 aliphatic rings. The first kappa shape index (κ1) is 12.2. The Kier molecular flexibility index (Phi) is 2.83. The molecule has 3 rings (SSSR count). The highest BCUT2D eigenvalue weighted by atomic mass is 16.5. The summed E-state index contributed by atoms with van der Waals surface area (Å²) in [5.74, 6) is -0.193. The van der Waals surface area contributed by atoms with Crippen molar-refractivity contribution in [2.75, 3.05) is 0 Å². The van der Waals surface area contributed by atoms with Crippen LogP contribution in [0.5, 0.6) is 11.6 Å². The molecule has 3 aromatic rings. The number of carbonyl (C=O) groups is 1. The van der Waals surface area contributed by atoms with E-state index in [1.807, 2.05) is 13.0 Å². The van der Waals surface area contributed by atoms with Crippen LogP contribution in [0, 0.1) is 6.92 Å². The van der Waals surface area contributed by atoms with Crippen molar-refractivity contribution < 1.29 is 14.6 Å². The van der Waals surface area contributed by atoms with E-state index in [1.165, 1.54) is 12.1 Å². The van der Waals surface area contributed by atoms with Crippen LogP contribution in [0.15, 0.2) is 42.7 Å². The van der Waals surface area contributed by atoms with Gasteiger partial charge in [-0.05, 0) is 31.2 Å². The number of aryl methyl sites for hydroxylation is 1. The van der Waals surface area contributed by atoms with Crippen molar-refractivity contribution in [1.29, 1.82) is 0 Å². The van der Waals surface area contributed by atoms with Gasteiger partial charge in [-0.2, -0.15) is 5.10 Å². The van der Waals surface area contributed by atoms with E-state index in [-0.39, 0.29) is 5.56 Å². The molecule has 2 heterocycles. The summed E-state index contributed by atoms with van der Waals surface area (Å²) >= 11 is 0. The minimum Gasteiger partial charge on any atom is -0.478 e. The maximum atomic E-state index is 10.9. The Morgan fingerprint density at radius 2 is 2.20 bits per heavy atom. The Balaban J connectivity index is 2.01. The van der Waals surface area contributed by atoms with Gasteiger partial charge in [-0.3, -0.25) is 0 Å². The second-order valence-electron chi connectivity index (χ2n) is 4.28. The first-order valence-corrected chi connectivity index (χ1v) is 5.96. The predicted octanol–water partition coefficient (Wildman–Crippen LogP) is 2.53. The van der Waals surface area contributed by atoms with Gasteiger partial charge in [0, 0.05) is 12.4 Å². The largest absolute Gasteiger partial charge is 0.478 e. The van der Waals surface area contributed by atoms with Crippen molar-refractivity contribution in [3.05, 3.63) is 54.0 Å². The lowest BCUT2D eigenvalue weighted by Crippen LogP contribution is -1.97. The molecule has 0 saturated heterocycles. The number of aromatic nitrogens is 3. The van der Waals surface area contributed by atoms with Gasteiger partial charge in [0.2, 0.25) is 5.88 Å². The molecule has 1 aromatic carbocycles. The van der Waals surface area contributed by atoms with Gasteiger partial charge < -0.3 is 9.84 Å². The monoisotopic (exact) mass is 269 g/mol. The minimum absolute atomic E-state index is 0.166. The summed E-state index contributed by atoms with van der Waals surface area (Å²) in [5, 5.41) is 13.2. The molecule has 0 saturated carbocycles. The van der Waals surface area contributed by atoms with Gasteiger partial charge in [0.1, 0.15) is 11.3 Å². The number of nitrogens with zero attached hydrogens (tertiary/aromatic N) is 3. The number of carboxylic acids is 1. The van der Waals surface area contributed by atoms with E-state index in [9.17, 15) is 4.79 Å². The Morgan fingerprint density at radius 1 is 1.35 bits per heavy atom. The van der Waals surface area contributed by atoms with Gasteiger partial charge in [0.25, 0.3) is 0 Å². The first-order chi connectivity index (χ1) is 9.63. The molecule has 20 heavy (non-hydrogen) atoms. The lowest BCUT2D eigenvalue weighted by Gasteiger charge is -2.06. The van der Waals surface area contributed by atoms with Crippen LogP contribution >= 0.6 is 0 Å². The number of hydrogen-bond acceptors (Lipinski definition) is 4. The molecule has 0 aliphatic carbocycles. The third-order valence-electron chi connectivity index (χ3n) is 2.77. The van der Waals surface area contributed by atoms with E-state index in [2.05, 4.69) is 10.1 Å². The molecule has 0 aliphatic heterocycles. The van der Waals surface area contributed by atoms with Gasteiger partial charge in [-0.1, -0.05) is 6.07 Å². The number of carboxylic acid groups (broad SMARTS) is 1. The Hall–Kier alpha value is -2.89. The van der Waals surface area contributed by atoms with Crippen molar-refractivity contribution in [2.24, 2.45) is 0 Å². The number of rotatable bonds is 3. The predicted molar refractivity (Wildman–Crippen MR) is 71.2 cm³/mol. The zero-order chi connectivity index (χ0) is 14.1. The molecule has 100 valence electrons. The van der Waals surface area contributed by atoms with Gasteiger partial charge >= 0.3 is 5.97 Å². The van der Waals surface area contributed by atoms with E-state index >= 15 is 0 Å². The summed E-state index contributed by atoms with van der Waals surface area (Å²) in [4.78, 5) is 15.1. The quantitative estimate of drug-likeness (QED) is 0.790. The molecule has 1 N–H and O–H groups in total. The van der Waals surface area contributed by atoms with Crippen LogP contribution in [-0.4, -0.2) is 25.7 Å².